The molecule has 2 heterocycles. The second kappa shape index (κ2) is 8.80. The molecular weight excluding hydrogens is 486 g/mol. The minimum atomic E-state index is -0.0607. The van der Waals surface area contributed by atoms with Gasteiger partial charge in [0.05, 0.1) is 5.56 Å². The number of rotatable bonds is 3. The van der Waals surface area contributed by atoms with E-state index in [4.69, 9.17) is 4.42 Å². The zero-order valence-corrected chi connectivity index (χ0v) is 26.0. The van der Waals surface area contributed by atoms with Gasteiger partial charge in [-0.15, -0.1) is 0 Å². The molecule has 0 spiro atoms. The van der Waals surface area contributed by atoms with Crippen molar-refractivity contribution in [3.63, 3.8) is 0 Å². The van der Waals surface area contributed by atoms with Crippen LogP contribution in [-0.4, -0.2) is 0 Å². The number of benzene rings is 3. The van der Waals surface area contributed by atoms with Crippen LogP contribution < -0.4 is 4.57 Å². The number of pyridine rings is 1. The Morgan fingerprint density at radius 2 is 1.27 bits per heavy atom. The summed E-state index contributed by atoms with van der Waals surface area (Å²) in [6.07, 6.45) is 4.42. The van der Waals surface area contributed by atoms with E-state index in [2.05, 4.69) is 135 Å². The Morgan fingerprint density at radius 1 is 0.675 bits per heavy atom. The molecule has 3 aromatic carbocycles. The number of fused-ring (bicyclic) bond motifs is 7. The Bertz CT molecular complexity index is 1790. The number of aryl methyl sites for hydroxylation is 4. The first-order chi connectivity index (χ1) is 18.7. The highest BCUT2D eigenvalue weighted by Crippen LogP contribution is 2.60. The van der Waals surface area contributed by atoms with E-state index in [0.717, 1.165) is 24.0 Å². The molecule has 0 unspecified atom stereocenters. The second-order valence-electron chi connectivity index (χ2n) is 14.8. The summed E-state index contributed by atoms with van der Waals surface area (Å²) >= 11 is 0. The Hall–Kier alpha value is -3.39. The fraction of sp³-hybridized carbons (Fsp3) is 0.395. The average molecular weight is 531 g/mol. The molecule has 0 bridgehead atoms. The molecule has 0 amide bonds. The van der Waals surface area contributed by atoms with Crippen LogP contribution in [0, 0.1) is 31.6 Å². The molecule has 0 atom stereocenters. The van der Waals surface area contributed by atoms with Gasteiger partial charge in [-0.05, 0) is 72.3 Å². The number of hydrogen-bond acceptors (Lipinski definition) is 1. The number of nitrogens with zero attached hydrogens (tertiary/aromatic N) is 1. The van der Waals surface area contributed by atoms with Crippen LogP contribution in [0.1, 0.15) is 82.2 Å². The fourth-order valence-corrected chi connectivity index (χ4v) is 7.64. The zero-order valence-electron chi connectivity index (χ0n) is 26.0. The van der Waals surface area contributed by atoms with Gasteiger partial charge in [0, 0.05) is 33.4 Å². The molecule has 0 saturated carbocycles. The highest BCUT2D eigenvalue weighted by Gasteiger charge is 2.48. The Labute approximate surface area is 240 Å². The topological polar surface area (TPSA) is 17.0 Å². The molecule has 2 nitrogen and oxygen atoms in total. The van der Waals surface area contributed by atoms with Crippen LogP contribution in [0.4, 0.5) is 0 Å². The molecule has 40 heavy (non-hydrogen) atoms. The molecule has 6 rings (SSSR count). The summed E-state index contributed by atoms with van der Waals surface area (Å²) < 4.78 is 9.33. The van der Waals surface area contributed by atoms with Gasteiger partial charge in [0.1, 0.15) is 18.2 Å². The van der Waals surface area contributed by atoms with Gasteiger partial charge in [-0.1, -0.05) is 90.1 Å². The normalized spacial score (nSPS) is 14.7. The number of aromatic nitrogens is 1. The van der Waals surface area contributed by atoms with Gasteiger partial charge < -0.3 is 4.42 Å². The van der Waals surface area contributed by atoms with Crippen molar-refractivity contribution >= 4 is 21.9 Å². The lowest BCUT2D eigenvalue weighted by atomic mass is 9.62. The van der Waals surface area contributed by atoms with Gasteiger partial charge in [0.15, 0.2) is 6.20 Å². The summed E-state index contributed by atoms with van der Waals surface area (Å²) in [6, 6.07) is 20.7. The molecule has 5 aromatic rings. The summed E-state index contributed by atoms with van der Waals surface area (Å²) in [7, 11) is 2.14. The van der Waals surface area contributed by atoms with Crippen molar-refractivity contribution in [2.75, 3.05) is 0 Å². The molecule has 0 N–H and O–H groups in total. The molecule has 2 heteroatoms. The molecular formula is C38H44NO+. The van der Waals surface area contributed by atoms with Crippen molar-refractivity contribution in [1.82, 2.24) is 0 Å². The van der Waals surface area contributed by atoms with Gasteiger partial charge in [-0.25, -0.2) is 4.57 Å². The Balaban J connectivity index is 1.72. The lowest BCUT2D eigenvalue weighted by Gasteiger charge is -2.42. The predicted octanol–water partition coefficient (Wildman–Crippen LogP) is 10.1. The summed E-state index contributed by atoms with van der Waals surface area (Å²) in [4.78, 5) is 0. The molecule has 0 radical (unpaired) electrons. The summed E-state index contributed by atoms with van der Waals surface area (Å²) in [6.45, 7) is 20.9. The smallest absolute Gasteiger partial charge is 0.216 e. The van der Waals surface area contributed by atoms with Crippen LogP contribution in [0.25, 0.3) is 44.3 Å². The van der Waals surface area contributed by atoms with Crippen molar-refractivity contribution < 1.29 is 8.98 Å². The number of hydrogen-bond donors (Lipinski definition) is 0. The largest absolute Gasteiger partial charge is 0.454 e. The molecule has 206 valence electrons. The highest BCUT2D eigenvalue weighted by atomic mass is 16.3. The molecule has 1 aliphatic carbocycles. The van der Waals surface area contributed by atoms with Crippen molar-refractivity contribution in [1.29, 1.82) is 0 Å². The summed E-state index contributed by atoms with van der Waals surface area (Å²) in [5, 5.41) is 2.40. The summed E-state index contributed by atoms with van der Waals surface area (Å²) in [5.74, 6) is 0. The fourth-order valence-electron chi connectivity index (χ4n) is 7.64. The maximum absolute atomic E-state index is 7.08. The molecule has 0 fully saturated rings. The minimum Gasteiger partial charge on any atom is -0.454 e. The Morgan fingerprint density at radius 3 is 1.93 bits per heavy atom. The highest BCUT2D eigenvalue weighted by molar-refractivity contribution is 6.14. The van der Waals surface area contributed by atoms with E-state index in [0.29, 0.717) is 0 Å². The third kappa shape index (κ3) is 4.10. The standard InChI is InChI=1S/C38H44NO/c1-23-15-16-26-27-17-18-30-33(35(27)40-34(26)32(23)31-19-24(2)25(3)20-39(31)10)28-13-11-12-14-29(28)38(30,21-36(4,5)6)22-37(7,8)9/h11-20H,21-22H2,1-10H3/q+1. The van der Waals surface area contributed by atoms with E-state index < -0.39 is 0 Å². The third-order valence-corrected chi connectivity index (χ3v) is 8.91. The maximum atomic E-state index is 7.08. The van der Waals surface area contributed by atoms with Crippen LogP contribution in [0.5, 0.6) is 0 Å². The van der Waals surface area contributed by atoms with E-state index in [-0.39, 0.29) is 16.2 Å². The first-order valence-corrected chi connectivity index (χ1v) is 14.8. The van der Waals surface area contributed by atoms with E-state index in [1.165, 1.54) is 61.0 Å². The van der Waals surface area contributed by atoms with Gasteiger partial charge >= 0.3 is 0 Å². The summed E-state index contributed by atoms with van der Waals surface area (Å²) in [5.41, 5.74) is 14.0. The third-order valence-electron chi connectivity index (χ3n) is 8.91. The SMILES string of the molecule is Cc1cc(-c2c(C)ccc3c2oc2c4c(ccc23)C(CC(C)(C)C)(CC(C)(C)C)c2ccccc2-4)[n+](C)cc1C. The molecule has 1 aliphatic rings. The van der Waals surface area contributed by atoms with Crippen LogP contribution in [0.3, 0.4) is 0 Å². The Kier molecular flexibility index (Phi) is 5.90. The van der Waals surface area contributed by atoms with Crippen LogP contribution in [-0.2, 0) is 12.5 Å². The van der Waals surface area contributed by atoms with Crippen molar-refractivity contribution in [3.8, 4) is 22.4 Å². The quantitative estimate of drug-likeness (QED) is 0.212. The second-order valence-corrected chi connectivity index (χ2v) is 14.8. The van der Waals surface area contributed by atoms with Crippen molar-refractivity contribution in [2.24, 2.45) is 17.9 Å². The minimum absolute atomic E-state index is 0.0607. The van der Waals surface area contributed by atoms with Crippen molar-refractivity contribution in [3.05, 3.63) is 88.6 Å². The maximum Gasteiger partial charge on any atom is 0.216 e. The van der Waals surface area contributed by atoms with Crippen LogP contribution in [0.2, 0.25) is 0 Å². The molecule has 0 aliphatic heterocycles. The lowest BCUT2D eigenvalue weighted by Crippen LogP contribution is -2.35. The van der Waals surface area contributed by atoms with E-state index in [1.54, 1.807) is 0 Å². The van der Waals surface area contributed by atoms with Crippen LogP contribution in [0.15, 0.2) is 65.2 Å². The van der Waals surface area contributed by atoms with Gasteiger partial charge in [-0.3, -0.25) is 0 Å². The van der Waals surface area contributed by atoms with Gasteiger partial charge in [-0.2, -0.15) is 0 Å². The predicted molar refractivity (Wildman–Crippen MR) is 169 cm³/mol. The zero-order chi connectivity index (χ0) is 28.8. The van der Waals surface area contributed by atoms with Gasteiger partial charge in [0.2, 0.25) is 5.69 Å². The van der Waals surface area contributed by atoms with Crippen molar-refractivity contribution in [2.45, 2.75) is 80.6 Å². The first-order valence-electron chi connectivity index (χ1n) is 14.8. The van der Waals surface area contributed by atoms with Gasteiger partial charge in [0.25, 0.3) is 0 Å². The monoisotopic (exact) mass is 530 g/mol. The van der Waals surface area contributed by atoms with Crippen LogP contribution >= 0.6 is 0 Å². The van der Waals surface area contributed by atoms with E-state index in [1.807, 2.05) is 0 Å². The van der Waals surface area contributed by atoms with E-state index in [9.17, 15) is 0 Å². The average Bonchev–Trinajstić information content (AvgIpc) is 3.33. The number of furan rings is 1. The molecule has 0 saturated heterocycles. The van der Waals surface area contributed by atoms with E-state index >= 15 is 0 Å². The lowest BCUT2D eigenvalue weighted by molar-refractivity contribution is -0.660. The first kappa shape index (κ1) is 26.8. The molecule has 2 aromatic heterocycles.